The van der Waals surface area contributed by atoms with E-state index in [1.54, 1.807) is 49.6 Å². The Bertz CT molecular complexity index is 848. The zero-order valence-electron chi connectivity index (χ0n) is 15.7. The van der Waals surface area contributed by atoms with E-state index in [1.807, 2.05) is 0 Å². The summed E-state index contributed by atoms with van der Waals surface area (Å²) in [6.45, 7) is 0.0535. The van der Waals surface area contributed by atoms with Crippen LogP contribution in [0.5, 0.6) is 11.5 Å². The Balaban J connectivity index is 1.92. The standard InChI is InChI=1S/C20H22N2O6/c1-27-16-8-3-13(11-17(16)28-2)12-18(23)22-15-6-4-14(5-7-15)20(26)21-10-9-19(24)25/h3-8,11H,9-10,12H2,1-2H3,(H,21,26)(H,22,23)(H,24,25). The van der Waals surface area contributed by atoms with Crippen molar-refractivity contribution in [3.05, 3.63) is 53.6 Å². The lowest BCUT2D eigenvalue weighted by molar-refractivity contribution is -0.136. The van der Waals surface area contributed by atoms with Crippen LogP contribution in [0, 0.1) is 0 Å². The number of carboxylic acids is 1. The first-order valence-corrected chi connectivity index (χ1v) is 8.53. The number of carbonyl (C=O) groups is 3. The summed E-state index contributed by atoms with van der Waals surface area (Å²) < 4.78 is 10.4. The molecule has 2 aromatic rings. The molecule has 0 fully saturated rings. The van der Waals surface area contributed by atoms with Crippen LogP contribution < -0.4 is 20.1 Å². The van der Waals surface area contributed by atoms with Crippen LogP contribution >= 0.6 is 0 Å². The molecule has 148 valence electrons. The first kappa shape index (κ1) is 20.8. The minimum absolute atomic E-state index is 0.0535. The Labute approximate surface area is 162 Å². The van der Waals surface area contributed by atoms with E-state index in [2.05, 4.69) is 10.6 Å². The van der Waals surface area contributed by atoms with E-state index in [0.717, 1.165) is 5.56 Å². The number of ether oxygens (including phenoxy) is 2. The van der Waals surface area contributed by atoms with E-state index in [-0.39, 0.29) is 31.2 Å². The van der Waals surface area contributed by atoms with Crippen molar-refractivity contribution in [3.8, 4) is 11.5 Å². The molecule has 0 aliphatic carbocycles. The van der Waals surface area contributed by atoms with Crippen LogP contribution in [0.2, 0.25) is 0 Å². The van der Waals surface area contributed by atoms with Gasteiger partial charge in [-0.3, -0.25) is 14.4 Å². The van der Waals surface area contributed by atoms with Gasteiger partial charge in [0.15, 0.2) is 11.5 Å². The highest BCUT2D eigenvalue weighted by molar-refractivity contribution is 5.96. The molecule has 0 radical (unpaired) electrons. The van der Waals surface area contributed by atoms with Gasteiger partial charge < -0.3 is 25.2 Å². The molecule has 2 rings (SSSR count). The monoisotopic (exact) mass is 386 g/mol. The number of carbonyl (C=O) groups excluding carboxylic acids is 2. The third-order valence-electron chi connectivity index (χ3n) is 3.87. The second-order valence-electron chi connectivity index (χ2n) is 5.89. The maximum Gasteiger partial charge on any atom is 0.305 e. The number of benzene rings is 2. The number of hydrogen-bond acceptors (Lipinski definition) is 5. The highest BCUT2D eigenvalue weighted by Gasteiger charge is 2.10. The van der Waals surface area contributed by atoms with E-state index < -0.39 is 5.97 Å². The molecule has 2 amide bonds. The molecule has 0 unspecified atom stereocenters. The van der Waals surface area contributed by atoms with Crippen molar-refractivity contribution in [1.29, 1.82) is 0 Å². The van der Waals surface area contributed by atoms with Gasteiger partial charge in [-0.25, -0.2) is 0 Å². The van der Waals surface area contributed by atoms with Crippen LogP contribution in [0.1, 0.15) is 22.3 Å². The minimum Gasteiger partial charge on any atom is -0.493 e. The average molecular weight is 386 g/mol. The van der Waals surface area contributed by atoms with Gasteiger partial charge in [0, 0.05) is 17.8 Å². The molecule has 0 heterocycles. The summed E-state index contributed by atoms with van der Waals surface area (Å²) in [6.07, 6.45) is 0.00775. The van der Waals surface area contributed by atoms with Gasteiger partial charge in [0.1, 0.15) is 0 Å². The van der Waals surface area contributed by atoms with Crippen molar-refractivity contribution in [2.45, 2.75) is 12.8 Å². The zero-order valence-corrected chi connectivity index (χ0v) is 15.7. The number of carboxylic acid groups (broad SMARTS) is 1. The smallest absolute Gasteiger partial charge is 0.305 e. The van der Waals surface area contributed by atoms with Crippen LogP contribution in [-0.2, 0) is 16.0 Å². The topological polar surface area (TPSA) is 114 Å². The van der Waals surface area contributed by atoms with E-state index in [0.29, 0.717) is 22.7 Å². The molecule has 0 saturated carbocycles. The Kier molecular flexibility index (Phi) is 7.38. The quantitative estimate of drug-likeness (QED) is 0.608. The van der Waals surface area contributed by atoms with E-state index in [1.165, 1.54) is 7.11 Å². The van der Waals surface area contributed by atoms with Crippen molar-refractivity contribution >= 4 is 23.5 Å². The van der Waals surface area contributed by atoms with Crippen molar-refractivity contribution in [1.82, 2.24) is 5.32 Å². The van der Waals surface area contributed by atoms with Gasteiger partial charge in [-0.15, -0.1) is 0 Å². The van der Waals surface area contributed by atoms with Gasteiger partial charge in [0.05, 0.1) is 27.1 Å². The summed E-state index contributed by atoms with van der Waals surface area (Å²) in [7, 11) is 3.07. The van der Waals surface area contributed by atoms with Gasteiger partial charge in [-0.05, 0) is 42.0 Å². The van der Waals surface area contributed by atoms with Crippen LogP contribution in [0.4, 0.5) is 5.69 Å². The fourth-order valence-corrected chi connectivity index (χ4v) is 2.47. The van der Waals surface area contributed by atoms with Crippen LogP contribution in [-0.4, -0.2) is 43.7 Å². The van der Waals surface area contributed by atoms with Crippen molar-refractivity contribution in [2.24, 2.45) is 0 Å². The molecule has 0 atom stereocenters. The molecular weight excluding hydrogens is 364 g/mol. The maximum absolute atomic E-state index is 12.2. The average Bonchev–Trinajstić information content (AvgIpc) is 2.68. The highest BCUT2D eigenvalue weighted by atomic mass is 16.5. The number of rotatable bonds is 9. The molecule has 2 aromatic carbocycles. The van der Waals surface area contributed by atoms with Crippen molar-refractivity contribution < 1.29 is 29.0 Å². The van der Waals surface area contributed by atoms with Crippen LogP contribution in [0.25, 0.3) is 0 Å². The zero-order chi connectivity index (χ0) is 20.5. The van der Waals surface area contributed by atoms with E-state index in [9.17, 15) is 14.4 Å². The summed E-state index contributed by atoms with van der Waals surface area (Å²) in [5.74, 6) is -0.432. The molecule has 0 aliphatic rings. The van der Waals surface area contributed by atoms with Gasteiger partial charge >= 0.3 is 5.97 Å². The molecule has 8 heteroatoms. The number of amides is 2. The number of nitrogens with one attached hydrogen (secondary N) is 2. The Morgan fingerprint density at radius 2 is 1.64 bits per heavy atom. The van der Waals surface area contributed by atoms with Crippen LogP contribution in [0.3, 0.4) is 0 Å². The lowest BCUT2D eigenvalue weighted by Crippen LogP contribution is -2.26. The lowest BCUT2D eigenvalue weighted by atomic mass is 10.1. The molecule has 0 spiro atoms. The van der Waals surface area contributed by atoms with E-state index in [4.69, 9.17) is 14.6 Å². The minimum atomic E-state index is -0.979. The lowest BCUT2D eigenvalue weighted by Gasteiger charge is -2.10. The molecule has 0 bridgehead atoms. The summed E-state index contributed by atoms with van der Waals surface area (Å²) in [5.41, 5.74) is 1.69. The maximum atomic E-state index is 12.2. The van der Waals surface area contributed by atoms with Crippen molar-refractivity contribution in [2.75, 3.05) is 26.1 Å². The summed E-state index contributed by atoms with van der Waals surface area (Å²) in [6, 6.07) is 11.6. The SMILES string of the molecule is COc1ccc(CC(=O)Nc2ccc(C(=O)NCCC(=O)O)cc2)cc1OC. The number of hydrogen-bond donors (Lipinski definition) is 3. The Hall–Kier alpha value is -3.55. The molecule has 8 nitrogen and oxygen atoms in total. The van der Waals surface area contributed by atoms with Crippen molar-refractivity contribution in [3.63, 3.8) is 0 Å². The summed E-state index contributed by atoms with van der Waals surface area (Å²) >= 11 is 0. The first-order valence-electron chi connectivity index (χ1n) is 8.53. The van der Waals surface area contributed by atoms with Gasteiger partial charge in [0.25, 0.3) is 5.91 Å². The molecule has 28 heavy (non-hydrogen) atoms. The molecule has 0 saturated heterocycles. The normalized spacial score (nSPS) is 10.1. The van der Waals surface area contributed by atoms with E-state index >= 15 is 0 Å². The molecule has 0 aliphatic heterocycles. The van der Waals surface area contributed by atoms with Gasteiger partial charge in [0.2, 0.25) is 5.91 Å². The Morgan fingerprint density at radius 1 is 0.964 bits per heavy atom. The predicted octanol–water partition coefficient (Wildman–Crippen LogP) is 2.09. The van der Waals surface area contributed by atoms with Gasteiger partial charge in [-0.2, -0.15) is 0 Å². The molecule has 0 aromatic heterocycles. The van der Waals surface area contributed by atoms with Crippen LogP contribution in [0.15, 0.2) is 42.5 Å². The second-order valence-corrected chi connectivity index (χ2v) is 5.89. The second kappa shape index (κ2) is 9.96. The largest absolute Gasteiger partial charge is 0.493 e. The fourth-order valence-electron chi connectivity index (χ4n) is 2.47. The summed E-state index contributed by atoms with van der Waals surface area (Å²) in [4.78, 5) is 34.6. The first-order chi connectivity index (χ1) is 13.4. The van der Waals surface area contributed by atoms with Gasteiger partial charge in [-0.1, -0.05) is 6.07 Å². The third-order valence-corrected chi connectivity index (χ3v) is 3.87. The number of anilines is 1. The fraction of sp³-hybridized carbons (Fsp3) is 0.250. The Morgan fingerprint density at radius 3 is 2.25 bits per heavy atom. The summed E-state index contributed by atoms with van der Waals surface area (Å²) in [5, 5.41) is 13.8. The third kappa shape index (κ3) is 6.01. The molecule has 3 N–H and O–H groups in total. The highest BCUT2D eigenvalue weighted by Crippen LogP contribution is 2.27. The molecular formula is C20H22N2O6. The predicted molar refractivity (Wildman–Crippen MR) is 103 cm³/mol. The number of aliphatic carboxylic acids is 1. The number of methoxy groups -OCH3 is 2.